The zero-order valence-electron chi connectivity index (χ0n) is 13.4. The highest BCUT2D eigenvalue weighted by Gasteiger charge is 2.31. The van der Waals surface area contributed by atoms with Crippen molar-refractivity contribution in [1.82, 2.24) is 0 Å². The van der Waals surface area contributed by atoms with Gasteiger partial charge in [0, 0.05) is 6.20 Å². The van der Waals surface area contributed by atoms with E-state index < -0.39 is 27.9 Å². The first-order valence-corrected chi connectivity index (χ1v) is 8.54. The number of halogens is 4. The third-order valence-electron chi connectivity index (χ3n) is 3.23. The number of hydrogen-bond donors (Lipinski definition) is 3. The zero-order valence-corrected chi connectivity index (χ0v) is 14.3. The van der Waals surface area contributed by atoms with Crippen LogP contribution in [0.15, 0.2) is 48.7 Å². The molecule has 0 spiro atoms. The number of alkyl halides is 3. The number of hydrazine groups is 1. The molecule has 0 radical (unpaired) electrons. The highest BCUT2D eigenvalue weighted by atomic mass is 32.2. The lowest BCUT2D eigenvalue weighted by molar-refractivity contribution is -0.137. The predicted octanol–water partition coefficient (Wildman–Crippen LogP) is 2.06. The molecule has 27 heavy (non-hydrogen) atoms. The molecule has 146 valence electrons. The third-order valence-corrected chi connectivity index (χ3v) is 3.66. The Hall–Kier alpha value is -2.83. The van der Waals surface area contributed by atoms with Crippen LogP contribution in [0.5, 0.6) is 5.75 Å². The molecule has 6 N–H and O–H groups in total. The Bertz CT molecular complexity index is 960. The summed E-state index contributed by atoms with van der Waals surface area (Å²) < 4.78 is 77.7. The van der Waals surface area contributed by atoms with Gasteiger partial charge in [-0.1, -0.05) is 0 Å². The summed E-state index contributed by atoms with van der Waals surface area (Å²) in [4.78, 5) is 0. The van der Waals surface area contributed by atoms with Crippen LogP contribution in [0.3, 0.4) is 0 Å². The Kier molecular flexibility index (Phi) is 5.63. The number of anilines is 1. The van der Waals surface area contributed by atoms with Crippen LogP contribution in [0.1, 0.15) is 11.1 Å². The minimum absolute atomic E-state index is 0.0268. The normalized spacial score (nSPS) is 12.7. The Morgan fingerprint density at radius 2 is 1.70 bits per heavy atom. The Labute approximate surface area is 151 Å². The first kappa shape index (κ1) is 20.5. The molecule has 2 aromatic rings. The number of benzene rings is 2. The molecule has 0 saturated carbocycles. The fraction of sp³-hybridized carbons (Fsp3) is 0.0667. The summed E-state index contributed by atoms with van der Waals surface area (Å²) in [5.41, 5.74) is 4.71. The van der Waals surface area contributed by atoms with Crippen LogP contribution in [0.2, 0.25) is 0 Å². The quantitative estimate of drug-likeness (QED) is 0.397. The van der Waals surface area contributed by atoms with E-state index in [1.807, 2.05) is 0 Å². The van der Waals surface area contributed by atoms with Crippen molar-refractivity contribution >= 4 is 21.7 Å². The van der Waals surface area contributed by atoms with Gasteiger partial charge in [-0.2, -0.15) is 26.7 Å². The summed E-state index contributed by atoms with van der Waals surface area (Å²) in [6.45, 7) is 0. The SMILES string of the molecule is N/C(=C\N(N)c1ccc(C(F)(F)F)cc1F)c1ccc(OS(N)(=O)=O)cc1. The highest BCUT2D eigenvalue weighted by Crippen LogP contribution is 2.32. The van der Waals surface area contributed by atoms with Gasteiger partial charge >= 0.3 is 16.5 Å². The molecule has 7 nitrogen and oxygen atoms in total. The van der Waals surface area contributed by atoms with Crippen LogP contribution >= 0.6 is 0 Å². The van der Waals surface area contributed by atoms with Gasteiger partial charge in [-0.25, -0.2) is 10.2 Å². The largest absolute Gasteiger partial charge is 0.416 e. The molecule has 0 aliphatic heterocycles. The minimum Gasteiger partial charge on any atom is -0.397 e. The summed E-state index contributed by atoms with van der Waals surface area (Å²) in [6, 6.07) is 7.15. The van der Waals surface area contributed by atoms with Crippen LogP contribution in [0.4, 0.5) is 23.2 Å². The summed E-state index contributed by atoms with van der Waals surface area (Å²) in [5.74, 6) is 4.39. The van der Waals surface area contributed by atoms with Crippen molar-refractivity contribution in [1.29, 1.82) is 0 Å². The van der Waals surface area contributed by atoms with E-state index in [2.05, 4.69) is 4.18 Å². The molecule has 0 heterocycles. The maximum absolute atomic E-state index is 13.9. The second-order valence-electron chi connectivity index (χ2n) is 5.26. The number of hydrogen-bond acceptors (Lipinski definition) is 6. The van der Waals surface area contributed by atoms with E-state index in [0.717, 1.165) is 17.3 Å². The van der Waals surface area contributed by atoms with Crippen LogP contribution in [-0.2, 0) is 16.5 Å². The molecular weight excluding hydrogens is 392 g/mol. The lowest BCUT2D eigenvalue weighted by atomic mass is 10.1. The average molecular weight is 406 g/mol. The molecule has 2 aromatic carbocycles. The Balaban J connectivity index is 2.22. The summed E-state index contributed by atoms with van der Waals surface area (Å²) in [6.07, 6.45) is -3.60. The minimum atomic E-state index is -4.69. The summed E-state index contributed by atoms with van der Waals surface area (Å²) >= 11 is 0. The van der Waals surface area contributed by atoms with Crippen LogP contribution < -0.4 is 25.9 Å². The molecule has 0 aromatic heterocycles. The van der Waals surface area contributed by atoms with Gasteiger partial charge in [0.1, 0.15) is 11.6 Å². The molecule has 12 heteroatoms. The Morgan fingerprint density at radius 1 is 1.11 bits per heavy atom. The maximum Gasteiger partial charge on any atom is 0.416 e. The topological polar surface area (TPSA) is 125 Å². The van der Waals surface area contributed by atoms with Crippen molar-refractivity contribution in [3.05, 3.63) is 65.6 Å². The van der Waals surface area contributed by atoms with Gasteiger partial charge in [0.05, 0.1) is 16.9 Å². The monoisotopic (exact) mass is 406 g/mol. The molecule has 2 rings (SSSR count). The summed E-state index contributed by atoms with van der Waals surface area (Å²) in [7, 11) is -4.18. The smallest absolute Gasteiger partial charge is 0.397 e. The number of nitrogens with two attached hydrogens (primary N) is 3. The van der Waals surface area contributed by atoms with Crippen molar-refractivity contribution in [2.24, 2.45) is 16.7 Å². The standard InChI is InChI=1S/C15H14F4N4O3S/c16-12-7-10(15(17,18)19)3-6-14(12)23(21)8-13(20)9-1-4-11(5-2-9)26-27(22,24)25/h1-8H,20-21H2,(H2,22,24,25)/b13-8-. The van der Waals surface area contributed by atoms with Gasteiger partial charge in [0.2, 0.25) is 0 Å². The van der Waals surface area contributed by atoms with E-state index >= 15 is 0 Å². The van der Waals surface area contributed by atoms with Gasteiger partial charge in [-0.15, -0.1) is 0 Å². The van der Waals surface area contributed by atoms with Gasteiger partial charge in [-0.05, 0) is 48.0 Å². The van der Waals surface area contributed by atoms with E-state index in [1.165, 1.54) is 24.3 Å². The lowest BCUT2D eigenvalue weighted by Gasteiger charge is -2.17. The molecule has 0 atom stereocenters. The zero-order chi connectivity index (χ0) is 20.4. The first-order chi connectivity index (χ1) is 12.4. The number of rotatable bonds is 5. The molecule has 0 bridgehead atoms. The second kappa shape index (κ2) is 7.42. The third kappa shape index (κ3) is 5.57. The lowest BCUT2D eigenvalue weighted by Crippen LogP contribution is -2.27. The van der Waals surface area contributed by atoms with Gasteiger partial charge in [0.15, 0.2) is 0 Å². The predicted molar refractivity (Wildman–Crippen MR) is 90.4 cm³/mol. The van der Waals surface area contributed by atoms with E-state index in [1.54, 1.807) is 0 Å². The van der Waals surface area contributed by atoms with E-state index in [9.17, 15) is 26.0 Å². The van der Waals surface area contributed by atoms with Gasteiger partial charge in [0.25, 0.3) is 0 Å². The van der Waals surface area contributed by atoms with Crippen molar-refractivity contribution in [2.45, 2.75) is 6.18 Å². The molecule has 0 aliphatic rings. The molecule has 0 fully saturated rings. The van der Waals surface area contributed by atoms with Crippen LogP contribution in [0.25, 0.3) is 5.70 Å². The maximum atomic E-state index is 13.9. The molecule has 0 saturated heterocycles. The molecule has 0 unspecified atom stereocenters. The van der Waals surface area contributed by atoms with Gasteiger partial charge < -0.3 is 9.92 Å². The molecular formula is C15H14F4N4O3S. The fourth-order valence-corrected chi connectivity index (χ4v) is 2.40. The van der Waals surface area contributed by atoms with Crippen molar-refractivity contribution < 1.29 is 30.2 Å². The van der Waals surface area contributed by atoms with Crippen molar-refractivity contribution in [3.63, 3.8) is 0 Å². The van der Waals surface area contributed by atoms with E-state index in [-0.39, 0.29) is 17.1 Å². The Morgan fingerprint density at radius 3 is 2.19 bits per heavy atom. The highest BCUT2D eigenvalue weighted by molar-refractivity contribution is 7.84. The van der Waals surface area contributed by atoms with Gasteiger partial charge in [-0.3, -0.25) is 5.01 Å². The molecule has 0 amide bonds. The van der Waals surface area contributed by atoms with E-state index in [0.29, 0.717) is 17.7 Å². The van der Waals surface area contributed by atoms with Crippen molar-refractivity contribution in [3.8, 4) is 5.75 Å². The summed E-state index contributed by atoms with van der Waals surface area (Å²) in [5, 5.41) is 5.45. The van der Waals surface area contributed by atoms with Crippen molar-refractivity contribution in [2.75, 3.05) is 5.01 Å². The molecule has 0 aliphatic carbocycles. The van der Waals surface area contributed by atoms with Crippen LogP contribution in [0, 0.1) is 5.82 Å². The van der Waals surface area contributed by atoms with E-state index in [4.69, 9.17) is 16.7 Å². The number of nitrogens with zero attached hydrogens (tertiary/aromatic N) is 1. The van der Waals surface area contributed by atoms with Crippen LogP contribution in [-0.4, -0.2) is 8.42 Å². The first-order valence-electron chi connectivity index (χ1n) is 7.07. The fourth-order valence-electron chi connectivity index (χ4n) is 2.02. The average Bonchev–Trinajstić information content (AvgIpc) is 2.52. The second-order valence-corrected chi connectivity index (χ2v) is 6.41.